The van der Waals surface area contributed by atoms with Crippen LogP contribution in [0.4, 0.5) is 5.69 Å². The van der Waals surface area contributed by atoms with Crippen molar-refractivity contribution in [3.63, 3.8) is 0 Å². The summed E-state index contributed by atoms with van der Waals surface area (Å²) in [5.74, 6) is 2.36. The van der Waals surface area contributed by atoms with Crippen molar-refractivity contribution in [1.29, 1.82) is 0 Å². The van der Waals surface area contributed by atoms with Gasteiger partial charge in [-0.2, -0.15) is 5.10 Å². The van der Waals surface area contributed by atoms with Gasteiger partial charge in [-0.15, -0.1) is 0 Å². The molecule has 3 rings (SSSR count). The number of rotatable bonds is 5. The molecule has 0 atom stereocenters. The summed E-state index contributed by atoms with van der Waals surface area (Å²) in [6.07, 6.45) is 0. The molecule has 3 aromatic rings. The average molecular weight is 336 g/mol. The Labute approximate surface area is 146 Å². The Morgan fingerprint density at radius 3 is 2.56 bits per heavy atom. The molecule has 0 bridgehead atoms. The molecular formula is C18H20N6O. The molecule has 7 nitrogen and oxygen atoms in total. The fourth-order valence-corrected chi connectivity index (χ4v) is 2.22. The monoisotopic (exact) mass is 336 g/mol. The summed E-state index contributed by atoms with van der Waals surface area (Å²) in [7, 11) is 1.63. The van der Waals surface area contributed by atoms with E-state index in [0.717, 1.165) is 17.0 Å². The lowest BCUT2D eigenvalue weighted by Crippen LogP contribution is -2.22. The number of aromatic nitrogens is 3. The summed E-state index contributed by atoms with van der Waals surface area (Å²) >= 11 is 0. The molecule has 0 aliphatic carbocycles. The fourth-order valence-electron chi connectivity index (χ4n) is 2.22. The number of nitrogens with zero attached hydrogens (tertiary/aromatic N) is 3. The van der Waals surface area contributed by atoms with E-state index in [1.807, 2.05) is 55.5 Å². The zero-order valence-corrected chi connectivity index (χ0v) is 14.2. The highest BCUT2D eigenvalue weighted by Gasteiger charge is 2.06. The molecular weight excluding hydrogens is 316 g/mol. The van der Waals surface area contributed by atoms with Gasteiger partial charge < -0.3 is 15.8 Å². The first kappa shape index (κ1) is 16.5. The molecule has 0 saturated heterocycles. The highest BCUT2D eigenvalue weighted by Crippen LogP contribution is 2.19. The van der Waals surface area contributed by atoms with Crippen LogP contribution in [0.2, 0.25) is 0 Å². The van der Waals surface area contributed by atoms with Crippen LogP contribution in [0.1, 0.15) is 11.4 Å². The van der Waals surface area contributed by atoms with E-state index in [9.17, 15) is 0 Å². The zero-order valence-electron chi connectivity index (χ0n) is 14.2. The molecule has 0 aliphatic heterocycles. The standard InChI is InChI=1S/C18H20N6O/c1-12-3-7-14(8-4-12)21-18(19)20-11-16-22-17(24-23-16)13-5-9-15(25-2)10-6-13/h3-10H,11H2,1-2H3,(H3,19,20,21)(H,22,23,24). The van der Waals surface area contributed by atoms with Crippen molar-refractivity contribution >= 4 is 11.6 Å². The number of aliphatic imine (C=N–C) groups is 1. The molecule has 1 aromatic heterocycles. The first-order chi connectivity index (χ1) is 12.1. The van der Waals surface area contributed by atoms with Crippen molar-refractivity contribution in [3.05, 3.63) is 59.9 Å². The third kappa shape index (κ3) is 4.35. The third-order valence-electron chi connectivity index (χ3n) is 3.60. The van der Waals surface area contributed by atoms with Crippen LogP contribution >= 0.6 is 0 Å². The van der Waals surface area contributed by atoms with Crippen molar-refractivity contribution in [2.75, 3.05) is 12.4 Å². The molecule has 128 valence electrons. The highest BCUT2D eigenvalue weighted by molar-refractivity contribution is 5.92. The number of anilines is 1. The molecule has 1 heterocycles. The molecule has 0 saturated carbocycles. The Balaban J connectivity index is 1.63. The summed E-state index contributed by atoms with van der Waals surface area (Å²) < 4.78 is 5.14. The molecule has 0 amide bonds. The van der Waals surface area contributed by atoms with Crippen molar-refractivity contribution in [2.45, 2.75) is 13.5 Å². The Morgan fingerprint density at radius 2 is 1.88 bits per heavy atom. The number of guanidine groups is 1. The maximum absolute atomic E-state index is 5.90. The van der Waals surface area contributed by atoms with Crippen molar-refractivity contribution in [1.82, 2.24) is 15.2 Å². The topological polar surface area (TPSA) is 101 Å². The number of nitrogens with one attached hydrogen (secondary N) is 2. The lowest BCUT2D eigenvalue weighted by Gasteiger charge is -2.05. The smallest absolute Gasteiger partial charge is 0.193 e. The Hall–Kier alpha value is -3.35. The van der Waals surface area contributed by atoms with Gasteiger partial charge in [-0.05, 0) is 43.3 Å². The SMILES string of the molecule is COc1ccc(-c2n[nH]c(CN=C(N)Nc3ccc(C)cc3)n2)cc1. The summed E-state index contributed by atoms with van der Waals surface area (Å²) in [5.41, 5.74) is 8.89. The summed E-state index contributed by atoms with van der Waals surface area (Å²) in [5, 5.41) is 10.1. The number of hydrogen-bond donors (Lipinski definition) is 3. The van der Waals surface area contributed by atoms with Gasteiger partial charge in [0, 0.05) is 11.3 Å². The predicted octanol–water partition coefficient (Wildman–Crippen LogP) is 2.72. The second kappa shape index (κ2) is 7.48. The lowest BCUT2D eigenvalue weighted by atomic mass is 10.2. The number of methoxy groups -OCH3 is 1. The van der Waals surface area contributed by atoms with Gasteiger partial charge >= 0.3 is 0 Å². The van der Waals surface area contributed by atoms with Crippen LogP contribution in [-0.4, -0.2) is 28.3 Å². The predicted molar refractivity (Wildman–Crippen MR) is 98.5 cm³/mol. The molecule has 0 spiro atoms. The molecule has 0 aliphatic rings. The van der Waals surface area contributed by atoms with E-state index in [2.05, 4.69) is 25.5 Å². The van der Waals surface area contributed by atoms with E-state index >= 15 is 0 Å². The van der Waals surface area contributed by atoms with Gasteiger partial charge in [0.05, 0.1) is 7.11 Å². The molecule has 2 aromatic carbocycles. The van der Waals surface area contributed by atoms with Crippen LogP contribution in [0.3, 0.4) is 0 Å². The quantitative estimate of drug-likeness (QED) is 0.491. The van der Waals surface area contributed by atoms with Crippen LogP contribution in [0, 0.1) is 6.92 Å². The zero-order chi connectivity index (χ0) is 17.6. The summed E-state index contributed by atoms with van der Waals surface area (Å²) in [4.78, 5) is 8.70. The molecule has 0 unspecified atom stereocenters. The second-order valence-electron chi connectivity index (χ2n) is 5.53. The molecule has 7 heteroatoms. The first-order valence-corrected chi connectivity index (χ1v) is 7.83. The van der Waals surface area contributed by atoms with E-state index in [-0.39, 0.29) is 0 Å². The van der Waals surface area contributed by atoms with E-state index in [1.165, 1.54) is 5.56 Å². The minimum Gasteiger partial charge on any atom is -0.497 e. The Kier molecular flexibility index (Phi) is 4.94. The number of ether oxygens (including phenoxy) is 1. The Morgan fingerprint density at radius 1 is 1.16 bits per heavy atom. The van der Waals surface area contributed by atoms with Gasteiger partial charge in [-0.1, -0.05) is 17.7 Å². The molecule has 4 N–H and O–H groups in total. The van der Waals surface area contributed by atoms with Crippen molar-refractivity contribution in [2.24, 2.45) is 10.7 Å². The minimum atomic E-state index is 0.313. The minimum absolute atomic E-state index is 0.313. The summed E-state index contributed by atoms with van der Waals surface area (Å²) in [6.45, 7) is 2.35. The van der Waals surface area contributed by atoms with E-state index < -0.39 is 0 Å². The lowest BCUT2D eigenvalue weighted by molar-refractivity contribution is 0.415. The largest absolute Gasteiger partial charge is 0.497 e. The van der Waals surface area contributed by atoms with Crippen molar-refractivity contribution < 1.29 is 4.74 Å². The van der Waals surface area contributed by atoms with Gasteiger partial charge in [0.15, 0.2) is 11.8 Å². The number of benzene rings is 2. The number of hydrogen-bond acceptors (Lipinski definition) is 4. The van der Waals surface area contributed by atoms with Gasteiger partial charge in [0.25, 0.3) is 0 Å². The van der Waals surface area contributed by atoms with Gasteiger partial charge in [0.1, 0.15) is 18.1 Å². The average Bonchev–Trinajstić information content (AvgIpc) is 3.11. The van der Waals surface area contributed by atoms with Crippen LogP contribution in [0.5, 0.6) is 5.75 Å². The number of H-pyrrole nitrogens is 1. The van der Waals surface area contributed by atoms with Crippen LogP contribution in [0.25, 0.3) is 11.4 Å². The first-order valence-electron chi connectivity index (χ1n) is 7.83. The van der Waals surface area contributed by atoms with E-state index in [4.69, 9.17) is 10.5 Å². The van der Waals surface area contributed by atoms with E-state index in [1.54, 1.807) is 7.11 Å². The fraction of sp³-hybridized carbons (Fsp3) is 0.167. The third-order valence-corrected chi connectivity index (χ3v) is 3.60. The van der Waals surface area contributed by atoms with E-state index in [0.29, 0.717) is 24.2 Å². The number of aryl methyl sites for hydroxylation is 1. The highest BCUT2D eigenvalue weighted by atomic mass is 16.5. The molecule has 0 fully saturated rings. The van der Waals surface area contributed by atoms with Gasteiger partial charge in [0.2, 0.25) is 0 Å². The summed E-state index contributed by atoms with van der Waals surface area (Å²) in [6, 6.07) is 15.5. The Bertz CT molecular complexity index is 852. The van der Waals surface area contributed by atoms with Crippen LogP contribution < -0.4 is 15.8 Å². The normalized spacial score (nSPS) is 11.4. The van der Waals surface area contributed by atoms with Gasteiger partial charge in [-0.25, -0.2) is 9.98 Å². The van der Waals surface area contributed by atoms with Crippen LogP contribution in [-0.2, 0) is 6.54 Å². The second-order valence-corrected chi connectivity index (χ2v) is 5.53. The molecule has 25 heavy (non-hydrogen) atoms. The number of aromatic amines is 1. The van der Waals surface area contributed by atoms with Gasteiger partial charge in [-0.3, -0.25) is 5.10 Å². The molecule has 0 radical (unpaired) electrons. The maximum atomic E-state index is 5.90. The number of nitrogens with two attached hydrogens (primary N) is 1. The van der Waals surface area contributed by atoms with Crippen LogP contribution in [0.15, 0.2) is 53.5 Å². The maximum Gasteiger partial charge on any atom is 0.193 e. The van der Waals surface area contributed by atoms with Crippen molar-refractivity contribution in [3.8, 4) is 17.1 Å².